The van der Waals surface area contributed by atoms with Crippen molar-refractivity contribution in [1.29, 1.82) is 0 Å². The summed E-state index contributed by atoms with van der Waals surface area (Å²) in [6, 6.07) is 24.5. The van der Waals surface area contributed by atoms with Crippen molar-refractivity contribution in [3.63, 3.8) is 0 Å². The molecule has 4 aromatic heterocycles. The topological polar surface area (TPSA) is 0 Å². The average Bonchev–Trinajstić information content (AvgIpc) is 3.85. The zero-order valence-electron chi connectivity index (χ0n) is 33.6. The van der Waals surface area contributed by atoms with E-state index in [0.29, 0.717) is 0 Å². The van der Waals surface area contributed by atoms with Gasteiger partial charge in [-0.3, -0.25) is 0 Å². The van der Waals surface area contributed by atoms with Crippen LogP contribution in [0.4, 0.5) is 0 Å². The van der Waals surface area contributed by atoms with Crippen molar-refractivity contribution in [2.75, 3.05) is 0 Å². The number of rotatable bonds is 18. The Morgan fingerprint density at radius 1 is 0.440 bits per heavy atom. The molecule has 0 aliphatic carbocycles. The molecule has 1 aromatic carbocycles. The second-order valence-corrected chi connectivity index (χ2v) is 62.4. The summed E-state index contributed by atoms with van der Waals surface area (Å²) in [7, 11) is -3.03. The molecular formula is C42H66S4Si2Sn2. The first-order valence-electron chi connectivity index (χ1n) is 20.0. The molecule has 0 unspecified atom stereocenters. The Balaban J connectivity index is 1.86. The fourth-order valence-electron chi connectivity index (χ4n) is 8.87. The van der Waals surface area contributed by atoms with Gasteiger partial charge in [0, 0.05) is 0 Å². The molecule has 0 bridgehead atoms. The molecule has 0 aliphatic rings. The Labute approximate surface area is 332 Å². The summed E-state index contributed by atoms with van der Waals surface area (Å²) >= 11 is 4.10. The van der Waals surface area contributed by atoms with Gasteiger partial charge in [0.1, 0.15) is 0 Å². The molecule has 4 heterocycles. The van der Waals surface area contributed by atoms with Gasteiger partial charge in [0.15, 0.2) is 0 Å². The van der Waals surface area contributed by atoms with Gasteiger partial charge in [-0.25, -0.2) is 0 Å². The Hall–Kier alpha value is 0.571. The zero-order valence-corrected chi connectivity index (χ0v) is 44.6. The maximum atomic E-state index is 2.72. The molecule has 0 atom stereocenters. The summed E-state index contributed by atoms with van der Waals surface area (Å²) in [6.07, 6.45) is 7.94. The first kappa shape index (κ1) is 41.7. The number of thiophene rings is 4. The predicted molar refractivity (Wildman–Crippen MR) is 251 cm³/mol. The third-order valence-corrected chi connectivity index (χ3v) is 48.4. The Kier molecular flexibility index (Phi) is 14.3. The van der Waals surface area contributed by atoms with Crippen molar-refractivity contribution in [2.45, 2.75) is 146 Å². The van der Waals surface area contributed by atoms with Gasteiger partial charge in [-0.15, -0.1) is 0 Å². The van der Waals surface area contributed by atoms with E-state index in [-0.39, 0.29) is 0 Å². The summed E-state index contributed by atoms with van der Waals surface area (Å²) in [5, 5.41) is 3.15. The van der Waals surface area contributed by atoms with Gasteiger partial charge < -0.3 is 0 Å². The van der Waals surface area contributed by atoms with E-state index in [1.807, 2.05) is 0 Å². The van der Waals surface area contributed by atoms with E-state index >= 15 is 0 Å². The van der Waals surface area contributed by atoms with Crippen LogP contribution in [0.1, 0.15) is 80.1 Å². The summed E-state index contributed by atoms with van der Waals surface area (Å²) in [6.45, 7) is 14.6. The van der Waals surface area contributed by atoms with Crippen LogP contribution in [-0.2, 0) is 0 Å². The van der Waals surface area contributed by atoms with Crippen molar-refractivity contribution < 1.29 is 0 Å². The SMILES string of the molecule is CCC[Si](CCC)(CCC)c1ccc(-c2c3c[c]([Sn]([CH3])([CH3])[CH3])sc3c(-c3ccc([Si](CCC)(CCC)CCC)s3)c3c[c]([Sn]([CH3])([CH3])[CH3])sc23)s1. The molecule has 0 fully saturated rings. The molecule has 0 nitrogen and oxygen atoms in total. The van der Waals surface area contributed by atoms with E-state index in [2.05, 4.69) is 153 Å². The summed E-state index contributed by atoms with van der Waals surface area (Å²) in [4.78, 5) is 18.9. The molecule has 0 saturated heterocycles. The zero-order chi connectivity index (χ0) is 36.5. The van der Waals surface area contributed by atoms with Crippen LogP contribution in [0.3, 0.4) is 0 Å². The molecule has 274 valence electrons. The van der Waals surface area contributed by atoms with Gasteiger partial charge in [-0.1, -0.05) is 0 Å². The van der Waals surface area contributed by atoms with Gasteiger partial charge in [-0.2, -0.15) is 0 Å². The van der Waals surface area contributed by atoms with Crippen LogP contribution in [0.15, 0.2) is 36.4 Å². The molecule has 5 rings (SSSR count). The minimum absolute atomic E-state index is 1.32. The van der Waals surface area contributed by atoms with E-state index in [4.69, 9.17) is 0 Å². The van der Waals surface area contributed by atoms with Crippen molar-refractivity contribution in [3.05, 3.63) is 36.4 Å². The van der Waals surface area contributed by atoms with Crippen LogP contribution in [0.2, 0.25) is 65.9 Å². The van der Waals surface area contributed by atoms with Crippen LogP contribution < -0.4 is 14.8 Å². The van der Waals surface area contributed by atoms with Gasteiger partial charge in [0.25, 0.3) is 0 Å². The van der Waals surface area contributed by atoms with E-state index < -0.39 is 52.9 Å². The first-order chi connectivity index (χ1) is 23.7. The molecular weight excluding hydrogens is 926 g/mol. The molecule has 0 spiro atoms. The van der Waals surface area contributed by atoms with Gasteiger partial charge in [0.05, 0.1) is 0 Å². The fourth-order valence-corrected chi connectivity index (χ4v) is 37.4. The molecule has 0 aliphatic heterocycles. The average molecular weight is 993 g/mol. The molecule has 0 saturated carbocycles. The van der Waals surface area contributed by atoms with Crippen LogP contribution in [0.25, 0.3) is 41.1 Å². The number of hydrogen-bond acceptors (Lipinski definition) is 4. The summed E-state index contributed by atoms with van der Waals surface area (Å²) < 4.78 is 10.2. The standard InChI is InChI=1S/C36H48S4Si2.6CH3.2Sn/c1-7-21-41(22-8-2,23-9-3)31-15-13-29(39-31)33-27-17-19-38-36(27)34(28-18-20-37-35(28)33)30-14-16-32(40-30)42(24-10-4,25-11-5)26-12-6;;;;;;;;/h13-18H,7-12,21-26H2,1-6H3;6*1H3;;. The second-order valence-electron chi connectivity index (χ2n) is 17.3. The van der Waals surface area contributed by atoms with E-state index in [1.54, 1.807) is 55.8 Å². The molecule has 5 aromatic rings. The van der Waals surface area contributed by atoms with E-state index in [1.165, 1.54) is 74.8 Å². The fraction of sp³-hybridized carbons (Fsp3) is 0.571. The molecule has 0 radical (unpaired) electrons. The quantitative estimate of drug-likeness (QED) is 0.0768. The minimum atomic E-state index is -2.36. The Morgan fingerprint density at radius 3 is 1.00 bits per heavy atom. The monoisotopic (exact) mass is 994 g/mol. The summed E-state index contributed by atoms with van der Waals surface area (Å²) in [5.41, 5.74) is 3.19. The van der Waals surface area contributed by atoms with Crippen LogP contribution in [0.5, 0.6) is 0 Å². The van der Waals surface area contributed by atoms with Crippen molar-refractivity contribution in [3.8, 4) is 20.9 Å². The van der Waals surface area contributed by atoms with Crippen LogP contribution in [0, 0.1) is 0 Å². The van der Waals surface area contributed by atoms with E-state index in [0.717, 1.165) is 0 Å². The van der Waals surface area contributed by atoms with E-state index in [9.17, 15) is 0 Å². The van der Waals surface area contributed by atoms with Gasteiger partial charge in [-0.05, 0) is 0 Å². The molecule has 0 N–H and O–H groups in total. The molecule has 8 heteroatoms. The van der Waals surface area contributed by atoms with Crippen molar-refractivity contribution >= 4 is 133 Å². The van der Waals surface area contributed by atoms with Crippen molar-refractivity contribution in [1.82, 2.24) is 0 Å². The molecule has 50 heavy (non-hydrogen) atoms. The summed E-state index contributed by atoms with van der Waals surface area (Å²) in [5.74, 6) is 0. The normalized spacial score (nSPS) is 13.4. The Bertz CT molecular complexity index is 1650. The third kappa shape index (κ3) is 8.37. The van der Waals surface area contributed by atoms with Crippen molar-refractivity contribution in [2.24, 2.45) is 0 Å². The third-order valence-electron chi connectivity index (χ3n) is 11.1. The first-order valence-corrected chi connectivity index (χ1v) is 48.5. The number of fused-ring (bicyclic) bond motifs is 2. The number of hydrogen-bond donors (Lipinski definition) is 0. The predicted octanol–water partition coefficient (Wildman–Crippen LogP) is 14.4. The number of benzene rings is 1. The van der Waals surface area contributed by atoms with Crippen LogP contribution >= 0.6 is 45.3 Å². The van der Waals surface area contributed by atoms with Gasteiger partial charge >= 0.3 is 336 Å². The molecule has 0 amide bonds. The van der Waals surface area contributed by atoms with Crippen LogP contribution in [-0.4, -0.2) is 52.9 Å². The van der Waals surface area contributed by atoms with Gasteiger partial charge in [0.2, 0.25) is 0 Å². The second kappa shape index (κ2) is 17.2. The Morgan fingerprint density at radius 2 is 0.740 bits per heavy atom. The maximum absolute atomic E-state index is 2.72.